The Kier molecular flexibility index (Phi) is 5.15. The first kappa shape index (κ1) is 15.0. The van der Waals surface area contributed by atoms with Gasteiger partial charge >= 0.3 is 5.97 Å². The Hall–Kier alpha value is -1.39. The van der Waals surface area contributed by atoms with Crippen molar-refractivity contribution in [3.05, 3.63) is 35.4 Å². The third kappa shape index (κ3) is 4.05. The Morgan fingerprint density at radius 1 is 1.35 bits per heavy atom. The summed E-state index contributed by atoms with van der Waals surface area (Å²) in [6.45, 7) is 2.33. The fourth-order valence-electron chi connectivity index (χ4n) is 2.84. The number of carbonyl (C=O) groups is 1. The minimum absolute atomic E-state index is 0.392. The van der Waals surface area contributed by atoms with Gasteiger partial charge in [0, 0.05) is 0 Å². The van der Waals surface area contributed by atoms with Gasteiger partial charge in [0.1, 0.15) is 6.04 Å². The normalized spacial score (nSPS) is 22.2. The van der Waals surface area contributed by atoms with Crippen LogP contribution in [0, 0.1) is 0 Å². The fourth-order valence-corrected chi connectivity index (χ4v) is 2.84. The Morgan fingerprint density at radius 3 is 2.70 bits per heavy atom. The number of rotatable bonds is 4. The zero-order chi connectivity index (χ0) is 14.5. The highest BCUT2D eigenvalue weighted by atomic mass is 16.4. The highest BCUT2D eigenvalue weighted by Gasteiger charge is 2.17. The lowest BCUT2D eigenvalue weighted by atomic mass is 9.91. The van der Waals surface area contributed by atoms with E-state index in [0.29, 0.717) is 12.3 Å². The number of likely N-dealkylation sites (tertiary alicyclic amines) is 1. The summed E-state index contributed by atoms with van der Waals surface area (Å²) in [5.41, 5.74) is 7.92. The van der Waals surface area contributed by atoms with E-state index in [1.165, 1.54) is 31.4 Å². The summed E-state index contributed by atoms with van der Waals surface area (Å²) in [6, 6.07) is 7.51. The predicted molar refractivity (Wildman–Crippen MR) is 79.8 cm³/mol. The van der Waals surface area contributed by atoms with Crippen molar-refractivity contribution >= 4 is 5.97 Å². The number of hydrogen-bond acceptors (Lipinski definition) is 3. The Labute approximate surface area is 120 Å². The Morgan fingerprint density at radius 2 is 2.05 bits per heavy atom. The van der Waals surface area contributed by atoms with E-state index in [2.05, 4.69) is 24.1 Å². The number of carboxylic acids is 1. The summed E-state index contributed by atoms with van der Waals surface area (Å²) < 4.78 is 0. The van der Waals surface area contributed by atoms with Gasteiger partial charge in [-0.1, -0.05) is 24.3 Å². The molecule has 0 radical (unpaired) electrons. The number of nitrogens with zero attached hydrogens (tertiary/aromatic N) is 1. The lowest BCUT2D eigenvalue weighted by molar-refractivity contribution is -0.138. The smallest absolute Gasteiger partial charge is 0.320 e. The first-order chi connectivity index (χ1) is 9.56. The molecule has 1 saturated heterocycles. The van der Waals surface area contributed by atoms with Crippen LogP contribution in [0.1, 0.15) is 36.3 Å². The number of nitrogens with two attached hydrogens (primary N) is 1. The van der Waals surface area contributed by atoms with E-state index in [-0.39, 0.29) is 0 Å². The zero-order valence-electron chi connectivity index (χ0n) is 12.1. The third-order valence-electron chi connectivity index (χ3n) is 4.18. The van der Waals surface area contributed by atoms with Crippen molar-refractivity contribution in [2.24, 2.45) is 5.73 Å². The molecule has 1 aliphatic rings. The van der Waals surface area contributed by atoms with Gasteiger partial charge in [0.2, 0.25) is 0 Å². The van der Waals surface area contributed by atoms with Crippen LogP contribution in [0.4, 0.5) is 0 Å². The molecule has 0 aliphatic carbocycles. The molecule has 1 aromatic carbocycles. The second kappa shape index (κ2) is 6.86. The standard InChI is InChI=1S/C16H24N2O2/c1-18-9-2-3-13(8-10-18)14-6-4-12(5-7-14)11-15(17)16(19)20/h4-7,13,15H,2-3,8-11,17H2,1H3,(H,19,20). The van der Waals surface area contributed by atoms with Gasteiger partial charge in [-0.2, -0.15) is 0 Å². The summed E-state index contributed by atoms with van der Waals surface area (Å²) in [4.78, 5) is 13.1. The largest absolute Gasteiger partial charge is 0.480 e. The zero-order valence-corrected chi connectivity index (χ0v) is 12.1. The average molecular weight is 276 g/mol. The minimum Gasteiger partial charge on any atom is -0.480 e. The van der Waals surface area contributed by atoms with Crippen LogP contribution in [0.2, 0.25) is 0 Å². The maximum Gasteiger partial charge on any atom is 0.320 e. The van der Waals surface area contributed by atoms with Crippen LogP contribution in [0.15, 0.2) is 24.3 Å². The Balaban J connectivity index is 1.98. The maximum atomic E-state index is 10.8. The molecule has 1 aliphatic heterocycles. The maximum absolute atomic E-state index is 10.8. The molecule has 1 fully saturated rings. The molecule has 2 atom stereocenters. The van der Waals surface area contributed by atoms with E-state index < -0.39 is 12.0 Å². The van der Waals surface area contributed by atoms with Crippen LogP contribution in [0.3, 0.4) is 0 Å². The number of hydrogen-bond donors (Lipinski definition) is 2. The quantitative estimate of drug-likeness (QED) is 0.880. The predicted octanol–water partition coefficient (Wildman–Crippen LogP) is 1.84. The van der Waals surface area contributed by atoms with Crippen molar-refractivity contribution in [3.63, 3.8) is 0 Å². The van der Waals surface area contributed by atoms with Crippen LogP contribution in [-0.4, -0.2) is 42.2 Å². The summed E-state index contributed by atoms with van der Waals surface area (Å²) in [7, 11) is 2.18. The lowest BCUT2D eigenvalue weighted by Gasteiger charge is -2.16. The van der Waals surface area contributed by atoms with Crippen molar-refractivity contribution in [2.75, 3.05) is 20.1 Å². The summed E-state index contributed by atoms with van der Waals surface area (Å²) in [5, 5.41) is 8.83. The molecule has 0 aromatic heterocycles. The molecule has 1 heterocycles. The van der Waals surface area contributed by atoms with Crippen molar-refractivity contribution < 1.29 is 9.90 Å². The van der Waals surface area contributed by atoms with E-state index in [4.69, 9.17) is 10.8 Å². The molecule has 3 N–H and O–H groups in total. The highest BCUT2D eigenvalue weighted by Crippen LogP contribution is 2.27. The van der Waals surface area contributed by atoms with Gasteiger partial charge in [0.05, 0.1) is 0 Å². The topological polar surface area (TPSA) is 66.6 Å². The molecule has 0 bridgehead atoms. The molecule has 4 nitrogen and oxygen atoms in total. The third-order valence-corrected chi connectivity index (χ3v) is 4.18. The summed E-state index contributed by atoms with van der Waals surface area (Å²) in [6.07, 6.45) is 4.07. The second-order valence-corrected chi connectivity index (χ2v) is 5.82. The van der Waals surface area contributed by atoms with Gasteiger partial charge in [0.15, 0.2) is 0 Å². The molecule has 0 spiro atoms. The lowest BCUT2D eigenvalue weighted by Crippen LogP contribution is -2.32. The van der Waals surface area contributed by atoms with Crippen LogP contribution < -0.4 is 5.73 Å². The second-order valence-electron chi connectivity index (χ2n) is 5.82. The van der Waals surface area contributed by atoms with Gasteiger partial charge in [-0.05, 0) is 62.9 Å². The molecule has 0 amide bonds. The van der Waals surface area contributed by atoms with Crippen molar-refractivity contribution in [1.82, 2.24) is 4.90 Å². The monoisotopic (exact) mass is 276 g/mol. The van der Waals surface area contributed by atoms with Gasteiger partial charge in [0.25, 0.3) is 0 Å². The molecule has 4 heteroatoms. The van der Waals surface area contributed by atoms with E-state index in [1.54, 1.807) is 0 Å². The first-order valence-electron chi connectivity index (χ1n) is 7.32. The number of benzene rings is 1. The van der Waals surface area contributed by atoms with Crippen LogP contribution in [0.5, 0.6) is 0 Å². The molecule has 110 valence electrons. The van der Waals surface area contributed by atoms with Gasteiger partial charge in [-0.3, -0.25) is 4.79 Å². The van der Waals surface area contributed by atoms with E-state index >= 15 is 0 Å². The van der Waals surface area contributed by atoms with Crippen molar-refractivity contribution in [3.8, 4) is 0 Å². The Bertz CT molecular complexity index is 444. The molecular formula is C16H24N2O2. The number of aliphatic carboxylic acids is 1. The summed E-state index contributed by atoms with van der Waals surface area (Å²) in [5.74, 6) is -0.317. The molecule has 20 heavy (non-hydrogen) atoms. The molecule has 2 unspecified atom stereocenters. The highest BCUT2D eigenvalue weighted by molar-refractivity contribution is 5.73. The van der Waals surface area contributed by atoms with Crippen LogP contribution in [0.25, 0.3) is 0 Å². The van der Waals surface area contributed by atoms with Crippen molar-refractivity contribution in [1.29, 1.82) is 0 Å². The van der Waals surface area contributed by atoms with E-state index in [0.717, 1.165) is 12.1 Å². The number of carboxylic acid groups (broad SMARTS) is 1. The van der Waals surface area contributed by atoms with Crippen LogP contribution in [-0.2, 0) is 11.2 Å². The SMILES string of the molecule is CN1CCCC(c2ccc(CC(N)C(=O)O)cc2)CC1. The first-order valence-corrected chi connectivity index (χ1v) is 7.32. The van der Waals surface area contributed by atoms with Gasteiger partial charge in [-0.15, -0.1) is 0 Å². The molecular weight excluding hydrogens is 252 g/mol. The average Bonchev–Trinajstić information content (AvgIpc) is 2.64. The minimum atomic E-state index is -0.944. The summed E-state index contributed by atoms with van der Waals surface area (Å²) >= 11 is 0. The van der Waals surface area contributed by atoms with Gasteiger partial charge in [-0.25, -0.2) is 0 Å². The van der Waals surface area contributed by atoms with E-state index in [9.17, 15) is 4.79 Å². The molecule has 1 aromatic rings. The fraction of sp³-hybridized carbons (Fsp3) is 0.562. The van der Waals surface area contributed by atoms with E-state index in [1.807, 2.05) is 12.1 Å². The van der Waals surface area contributed by atoms with Crippen molar-refractivity contribution in [2.45, 2.75) is 37.6 Å². The van der Waals surface area contributed by atoms with Gasteiger partial charge < -0.3 is 15.7 Å². The molecule has 0 saturated carbocycles. The molecule has 2 rings (SSSR count). The van der Waals surface area contributed by atoms with Crippen LogP contribution >= 0.6 is 0 Å².